The van der Waals surface area contributed by atoms with Crippen molar-refractivity contribution in [2.75, 3.05) is 20.0 Å². The highest BCUT2D eigenvalue weighted by atomic mass is 32.2. The number of nitrogens with zero attached hydrogens (tertiary/aromatic N) is 4. The first-order chi connectivity index (χ1) is 13.2. The van der Waals surface area contributed by atoms with Crippen LogP contribution in [-0.4, -0.2) is 82.3 Å². The molecule has 0 unspecified atom stereocenters. The number of aromatic amines is 1. The molecule has 0 aliphatic carbocycles. The minimum Gasteiger partial charge on any atom is -0.480 e. The van der Waals surface area contributed by atoms with Gasteiger partial charge in [0.2, 0.25) is 17.4 Å². The fourth-order valence-electron chi connectivity index (χ4n) is 2.94. The van der Waals surface area contributed by atoms with Gasteiger partial charge in [0.25, 0.3) is 10.1 Å². The van der Waals surface area contributed by atoms with E-state index in [4.69, 9.17) is 13.7 Å². The summed E-state index contributed by atoms with van der Waals surface area (Å²) in [6, 6.07) is 0. The van der Waals surface area contributed by atoms with Crippen molar-refractivity contribution in [1.29, 1.82) is 0 Å². The molecule has 0 radical (unpaired) electrons. The molecule has 3 heterocycles. The van der Waals surface area contributed by atoms with Gasteiger partial charge in [-0.1, -0.05) is 0 Å². The number of aliphatic hydroxyl groups excluding tert-OH is 2. The Hall–Kier alpha value is -2.39. The van der Waals surface area contributed by atoms with E-state index in [-0.39, 0.29) is 17.1 Å². The summed E-state index contributed by atoms with van der Waals surface area (Å²) in [4.78, 5) is 26.3. The molecule has 1 amide bonds. The first-order valence-electron chi connectivity index (χ1n) is 8.03. The predicted molar refractivity (Wildman–Crippen MR) is 91.4 cm³/mol. The van der Waals surface area contributed by atoms with Crippen molar-refractivity contribution >= 4 is 27.2 Å². The molecule has 1 fully saturated rings. The molecule has 0 aromatic carbocycles. The number of imidazole rings is 1. The van der Waals surface area contributed by atoms with E-state index in [1.54, 1.807) is 0 Å². The average Bonchev–Trinajstić information content (AvgIpc) is 3.17. The van der Waals surface area contributed by atoms with Crippen molar-refractivity contribution in [3.63, 3.8) is 0 Å². The first kappa shape index (κ1) is 20.3. The Morgan fingerprint density at radius 3 is 2.79 bits per heavy atom. The second-order valence-corrected chi connectivity index (χ2v) is 7.63. The Bertz CT molecular complexity index is 1060. The topological polar surface area (TPSA) is 178 Å². The van der Waals surface area contributed by atoms with Crippen molar-refractivity contribution < 1.29 is 37.1 Å². The number of nitrogens with one attached hydrogen (secondary N) is 1. The fourth-order valence-corrected chi connectivity index (χ4v) is 3.58. The molecule has 13 nitrogen and oxygen atoms in total. The number of methoxy groups -OCH3 is 1. The second kappa shape index (κ2) is 7.56. The third kappa shape index (κ3) is 3.77. The monoisotopic (exact) mass is 417 g/mol. The summed E-state index contributed by atoms with van der Waals surface area (Å²) in [5, 5.41) is 20.2. The zero-order chi connectivity index (χ0) is 20.6. The first-order valence-corrected chi connectivity index (χ1v) is 9.85. The molecule has 3 rings (SSSR count). The van der Waals surface area contributed by atoms with E-state index in [0.29, 0.717) is 5.52 Å². The molecule has 1 aliphatic rings. The molecule has 14 heteroatoms. The number of rotatable bonds is 5. The Balaban J connectivity index is 2.20. The van der Waals surface area contributed by atoms with Crippen LogP contribution in [0.2, 0.25) is 0 Å². The van der Waals surface area contributed by atoms with Crippen LogP contribution in [-0.2, 0) is 23.8 Å². The highest BCUT2D eigenvalue weighted by molar-refractivity contribution is 7.86. The molecule has 1 aliphatic heterocycles. The molecule has 1 saturated heterocycles. The van der Waals surface area contributed by atoms with Crippen LogP contribution in [0.25, 0.3) is 11.2 Å². The fraction of sp³-hybridized carbons (Fsp3) is 0.571. The maximum atomic E-state index is 11.6. The SMILES string of the molecule is COc1c2[nH]cnc2nc(=NC(C)=O)n1[C@@H]1O[C@H](CO)[C@H](OS(C)(=O)=O)[C@H]1O. The lowest BCUT2D eigenvalue weighted by atomic mass is 10.1. The van der Waals surface area contributed by atoms with Crippen LogP contribution in [0, 0.1) is 0 Å². The molecule has 3 N–H and O–H groups in total. The Labute approximate surface area is 158 Å². The number of amides is 1. The van der Waals surface area contributed by atoms with E-state index in [2.05, 4.69) is 19.9 Å². The summed E-state index contributed by atoms with van der Waals surface area (Å²) in [7, 11) is -2.63. The van der Waals surface area contributed by atoms with E-state index in [1.807, 2.05) is 0 Å². The molecular weight excluding hydrogens is 398 g/mol. The number of H-pyrrole nitrogens is 1. The van der Waals surface area contributed by atoms with Crippen LogP contribution in [0.3, 0.4) is 0 Å². The van der Waals surface area contributed by atoms with Crippen molar-refractivity contribution in [3.8, 4) is 5.88 Å². The smallest absolute Gasteiger partial charge is 0.264 e. The Morgan fingerprint density at radius 2 is 2.21 bits per heavy atom. The Kier molecular flexibility index (Phi) is 5.49. The lowest BCUT2D eigenvalue weighted by molar-refractivity contribution is -0.116. The minimum absolute atomic E-state index is 0.0724. The van der Waals surface area contributed by atoms with Gasteiger partial charge < -0.3 is 24.7 Å². The number of aromatic nitrogens is 4. The van der Waals surface area contributed by atoms with Gasteiger partial charge in [0.1, 0.15) is 23.8 Å². The van der Waals surface area contributed by atoms with Crippen molar-refractivity contribution in [2.45, 2.75) is 31.5 Å². The predicted octanol–water partition coefficient (Wildman–Crippen LogP) is -2.19. The largest absolute Gasteiger partial charge is 0.480 e. The number of ether oxygens (including phenoxy) is 2. The molecule has 4 atom stereocenters. The quantitative estimate of drug-likeness (QED) is 0.453. The number of hydrogen-bond acceptors (Lipinski definition) is 10. The maximum Gasteiger partial charge on any atom is 0.264 e. The van der Waals surface area contributed by atoms with Gasteiger partial charge in [-0.15, -0.1) is 0 Å². The van der Waals surface area contributed by atoms with Crippen LogP contribution >= 0.6 is 0 Å². The Morgan fingerprint density at radius 1 is 1.50 bits per heavy atom. The van der Waals surface area contributed by atoms with Crippen LogP contribution in [0.5, 0.6) is 5.88 Å². The standard InChI is InChI=1S/C14H19N5O8S/c1-6(21)17-14-18-11-8(15-5-16-11)12(25-2)19(14)13-9(22)10(7(4-20)26-13)27-28(3,23)24/h5,7,9-10,13,20,22H,4H2,1-3H3,(H,15,16,17,18,21)/t7-,9-,10+,13-/m1/s1. The van der Waals surface area contributed by atoms with E-state index in [0.717, 1.165) is 6.26 Å². The van der Waals surface area contributed by atoms with Gasteiger partial charge >= 0.3 is 0 Å². The highest BCUT2D eigenvalue weighted by Crippen LogP contribution is 2.34. The number of carbonyl (C=O) groups excluding carboxylic acids is 1. The zero-order valence-electron chi connectivity index (χ0n) is 15.1. The zero-order valence-corrected chi connectivity index (χ0v) is 16.0. The van der Waals surface area contributed by atoms with Crippen molar-refractivity contribution in [1.82, 2.24) is 19.5 Å². The number of fused-ring (bicyclic) bond motifs is 1. The summed E-state index contributed by atoms with van der Waals surface area (Å²) in [5.41, 5.74) is 0.335. The minimum atomic E-state index is -3.96. The lowest BCUT2D eigenvalue weighted by Crippen LogP contribution is -2.39. The molecule has 0 bridgehead atoms. The van der Waals surface area contributed by atoms with Crippen molar-refractivity contribution in [3.05, 3.63) is 11.9 Å². The van der Waals surface area contributed by atoms with Crippen LogP contribution in [0.15, 0.2) is 11.3 Å². The molecule has 0 spiro atoms. The molecular formula is C14H19N5O8S. The molecule has 0 saturated carbocycles. The third-order valence-electron chi connectivity index (χ3n) is 3.95. The van der Waals surface area contributed by atoms with Crippen molar-refractivity contribution in [2.24, 2.45) is 4.99 Å². The summed E-state index contributed by atoms with van der Waals surface area (Å²) >= 11 is 0. The number of carbonyl (C=O) groups is 1. The maximum absolute atomic E-state index is 11.6. The molecule has 154 valence electrons. The van der Waals surface area contributed by atoms with Gasteiger partial charge in [-0.05, 0) is 0 Å². The van der Waals surface area contributed by atoms with E-state index in [1.165, 1.54) is 24.9 Å². The lowest BCUT2D eigenvalue weighted by Gasteiger charge is -2.22. The van der Waals surface area contributed by atoms with Gasteiger partial charge in [0, 0.05) is 6.92 Å². The number of hydrogen-bond donors (Lipinski definition) is 3. The summed E-state index contributed by atoms with van der Waals surface area (Å²) in [6.45, 7) is 0.570. The van der Waals surface area contributed by atoms with E-state index >= 15 is 0 Å². The molecule has 2 aromatic rings. The van der Waals surface area contributed by atoms with Crippen LogP contribution in [0.1, 0.15) is 13.2 Å². The van der Waals surface area contributed by atoms with Gasteiger partial charge in [-0.25, -0.2) is 9.55 Å². The van der Waals surface area contributed by atoms with Crippen LogP contribution in [0.4, 0.5) is 0 Å². The summed E-state index contributed by atoms with van der Waals surface area (Å²) in [5.74, 6) is -0.517. The van der Waals surface area contributed by atoms with Gasteiger partial charge in [-0.3, -0.25) is 8.98 Å². The van der Waals surface area contributed by atoms with E-state index in [9.17, 15) is 23.4 Å². The summed E-state index contributed by atoms with van der Waals surface area (Å²) in [6.07, 6.45) is -3.30. The highest BCUT2D eigenvalue weighted by Gasteiger charge is 2.48. The van der Waals surface area contributed by atoms with Gasteiger partial charge in [0.15, 0.2) is 11.9 Å². The van der Waals surface area contributed by atoms with Crippen LogP contribution < -0.4 is 10.4 Å². The average molecular weight is 417 g/mol. The molecule has 28 heavy (non-hydrogen) atoms. The van der Waals surface area contributed by atoms with Gasteiger partial charge in [0.05, 0.1) is 26.3 Å². The third-order valence-corrected chi connectivity index (χ3v) is 4.53. The number of aliphatic hydroxyl groups is 2. The summed E-state index contributed by atoms with van der Waals surface area (Å²) < 4.78 is 40.1. The van der Waals surface area contributed by atoms with Gasteiger partial charge in [-0.2, -0.15) is 18.4 Å². The second-order valence-electron chi connectivity index (χ2n) is 6.03. The molecule has 2 aromatic heterocycles. The van der Waals surface area contributed by atoms with E-state index < -0.39 is 47.2 Å². The normalized spacial score (nSPS) is 26.1.